The molecule has 0 aromatic heterocycles. The van der Waals surface area contributed by atoms with Crippen molar-refractivity contribution in [3.63, 3.8) is 0 Å². The minimum Gasteiger partial charge on any atom is -0.298 e. The van der Waals surface area contributed by atoms with Crippen LogP contribution in [0.4, 0.5) is 0 Å². The highest BCUT2D eigenvalue weighted by atomic mass is 32.1. The quantitative estimate of drug-likeness (QED) is 0.546. The third kappa shape index (κ3) is 1.50. The molecule has 1 aromatic carbocycles. The van der Waals surface area contributed by atoms with Gasteiger partial charge in [0.2, 0.25) is 0 Å². The van der Waals surface area contributed by atoms with Crippen LogP contribution in [0.5, 0.6) is 0 Å². The van der Waals surface area contributed by atoms with E-state index in [0.29, 0.717) is 0 Å². The van der Waals surface area contributed by atoms with E-state index in [1.54, 1.807) is 5.37 Å². The highest BCUT2D eigenvalue weighted by Crippen LogP contribution is 2.24. The van der Waals surface area contributed by atoms with E-state index in [1.165, 1.54) is 0 Å². The molecule has 0 aliphatic heterocycles. The molecule has 0 fully saturated rings. The van der Waals surface area contributed by atoms with Gasteiger partial charge in [-0.25, -0.2) is 0 Å². The van der Waals surface area contributed by atoms with Crippen molar-refractivity contribution in [3.05, 3.63) is 33.4 Å². The Morgan fingerprint density at radius 3 is 1.50 bits per heavy atom. The highest BCUT2D eigenvalue weighted by Gasteiger charge is 2.11. The first-order chi connectivity index (χ1) is 6.54. The molecule has 0 saturated heterocycles. The highest BCUT2D eigenvalue weighted by molar-refractivity contribution is 7.79. The Kier molecular flexibility index (Phi) is 3.17. The largest absolute Gasteiger partial charge is 0.298 e. The Bertz CT molecular complexity index is 337. The average Bonchev–Trinajstić information content (AvgIpc) is 2.17. The van der Waals surface area contributed by atoms with E-state index < -0.39 is 0 Å². The number of carbonyl (C=O) groups excluding carboxylic acids is 1. The van der Waals surface area contributed by atoms with Gasteiger partial charge in [0.1, 0.15) is 0 Å². The van der Waals surface area contributed by atoms with Crippen LogP contribution in [0.3, 0.4) is 0 Å². The zero-order valence-electron chi connectivity index (χ0n) is 8.97. The SMILES string of the molecule is Cc1c(C)c(C=S)c(C)c(C)c1C=O. The maximum absolute atomic E-state index is 10.9. The first-order valence-electron chi connectivity index (χ1n) is 4.55. The molecule has 0 spiro atoms. The standard InChI is InChI=1S/C12H14OS/c1-7-9(3)12(6-14)10(4)8(2)11(7)5-13/h5-6H,1-4H3. The van der Waals surface area contributed by atoms with E-state index in [0.717, 1.165) is 39.7 Å². The lowest BCUT2D eigenvalue weighted by molar-refractivity contribution is 0.112. The summed E-state index contributed by atoms with van der Waals surface area (Å²) in [6.45, 7) is 7.95. The molecule has 0 unspecified atom stereocenters. The summed E-state index contributed by atoms with van der Waals surface area (Å²) in [5.74, 6) is 0. The van der Waals surface area contributed by atoms with Crippen LogP contribution in [0.25, 0.3) is 0 Å². The Morgan fingerprint density at radius 2 is 1.21 bits per heavy atom. The maximum atomic E-state index is 10.9. The Morgan fingerprint density at radius 1 is 0.857 bits per heavy atom. The summed E-state index contributed by atoms with van der Waals surface area (Å²) in [6.07, 6.45) is 0.928. The third-order valence-electron chi connectivity index (χ3n) is 2.98. The van der Waals surface area contributed by atoms with Gasteiger partial charge in [0.15, 0.2) is 6.29 Å². The smallest absolute Gasteiger partial charge is 0.150 e. The minimum absolute atomic E-state index is 0.806. The first-order valence-corrected chi connectivity index (χ1v) is 5.02. The van der Waals surface area contributed by atoms with Gasteiger partial charge in [-0.15, -0.1) is 0 Å². The summed E-state index contributed by atoms with van der Waals surface area (Å²) in [4.78, 5) is 10.9. The summed E-state index contributed by atoms with van der Waals surface area (Å²) < 4.78 is 0. The van der Waals surface area contributed by atoms with Crippen molar-refractivity contribution in [1.82, 2.24) is 0 Å². The number of hydrogen-bond acceptors (Lipinski definition) is 2. The number of thiocarbonyl (C=S) groups is 1. The van der Waals surface area contributed by atoms with Gasteiger partial charge in [-0.1, -0.05) is 12.2 Å². The molecule has 14 heavy (non-hydrogen) atoms. The molecule has 0 heterocycles. The van der Waals surface area contributed by atoms with Crippen molar-refractivity contribution < 1.29 is 4.79 Å². The van der Waals surface area contributed by atoms with Crippen LogP contribution >= 0.6 is 12.2 Å². The fourth-order valence-electron chi connectivity index (χ4n) is 1.72. The zero-order chi connectivity index (χ0) is 10.9. The number of carbonyl (C=O) groups is 1. The van der Waals surface area contributed by atoms with Gasteiger partial charge in [0.05, 0.1) is 0 Å². The molecular weight excluding hydrogens is 192 g/mol. The third-order valence-corrected chi connectivity index (χ3v) is 3.21. The summed E-state index contributed by atoms with van der Waals surface area (Å²) in [5.41, 5.74) is 6.20. The van der Waals surface area contributed by atoms with Crippen LogP contribution in [0.15, 0.2) is 0 Å². The topological polar surface area (TPSA) is 17.1 Å². The van der Waals surface area contributed by atoms with Crippen LogP contribution in [0.2, 0.25) is 0 Å². The van der Waals surface area contributed by atoms with Gasteiger partial charge in [0.25, 0.3) is 0 Å². The van der Waals surface area contributed by atoms with Crippen LogP contribution < -0.4 is 0 Å². The van der Waals surface area contributed by atoms with Crippen molar-refractivity contribution in [2.24, 2.45) is 0 Å². The van der Waals surface area contributed by atoms with Crippen LogP contribution in [-0.4, -0.2) is 11.7 Å². The van der Waals surface area contributed by atoms with Gasteiger partial charge in [0, 0.05) is 10.9 Å². The monoisotopic (exact) mass is 206 g/mol. The van der Waals surface area contributed by atoms with Crippen molar-refractivity contribution >= 4 is 23.9 Å². The zero-order valence-corrected chi connectivity index (χ0v) is 9.79. The second-order valence-corrected chi connectivity index (χ2v) is 3.80. The van der Waals surface area contributed by atoms with Crippen molar-refractivity contribution in [2.45, 2.75) is 27.7 Å². The molecule has 0 aliphatic rings. The van der Waals surface area contributed by atoms with Gasteiger partial charge >= 0.3 is 0 Å². The normalized spacial score (nSPS) is 10.0. The predicted molar refractivity (Wildman–Crippen MR) is 63.5 cm³/mol. The fourth-order valence-corrected chi connectivity index (χ4v) is 2.08. The molecule has 0 aliphatic carbocycles. The first kappa shape index (κ1) is 11.1. The van der Waals surface area contributed by atoms with Crippen molar-refractivity contribution in [2.75, 3.05) is 0 Å². The van der Waals surface area contributed by atoms with E-state index in [1.807, 2.05) is 27.7 Å². The molecule has 0 atom stereocenters. The molecule has 0 N–H and O–H groups in total. The molecule has 0 bridgehead atoms. The van der Waals surface area contributed by atoms with E-state index in [9.17, 15) is 4.79 Å². The molecule has 1 aromatic rings. The Hall–Kier alpha value is -1.02. The predicted octanol–water partition coefficient (Wildman–Crippen LogP) is 3.08. The van der Waals surface area contributed by atoms with Gasteiger partial charge in [-0.05, 0) is 55.5 Å². The second kappa shape index (κ2) is 4.01. The Balaban J connectivity index is 3.71. The number of benzene rings is 1. The molecule has 0 saturated carbocycles. The average molecular weight is 206 g/mol. The lowest BCUT2D eigenvalue weighted by Gasteiger charge is -2.14. The van der Waals surface area contributed by atoms with E-state index in [4.69, 9.17) is 12.2 Å². The molecule has 0 radical (unpaired) electrons. The van der Waals surface area contributed by atoms with Crippen molar-refractivity contribution in [1.29, 1.82) is 0 Å². The van der Waals surface area contributed by atoms with Crippen LogP contribution in [0, 0.1) is 27.7 Å². The van der Waals surface area contributed by atoms with Gasteiger partial charge in [-0.3, -0.25) is 4.79 Å². The molecule has 1 nitrogen and oxygen atoms in total. The Labute approximate surface area is 90.1 Å². The summed E-state index contributed by atoms with van der Waals surface area (Å²) >= 11 is 4.98. The molecular formula is C12H14OS. The molecule has 0 amide bonds. The van der Waals surface area contributed by atoms with Gasteiger partial charge < -0.3 is 0 Å². The van der Waals surface area contributed by atoms with Gasteiger partial charge in [-0.2, -0.15) is 0 Å². The van der Waals surface area contributed by atoms with E-state index in [2.05, 4.69) is 0 Å². The summed E-state index contributed by atoms with van der Waals surface area (Å²) in [6, 6.07) is 0. The van der Waals surface area contributed by atoms with Crippen LogP contribution in [-0.2, 0) is 0 Å². The van der Waals surface area contributed by atoms with E-state index >= 15 is 0 Å². The lowest BCUT2D eigenvalue weighted by Crippen LogP contribution is -2.03. The summed E-state index contributed by atoms with van der Waals surface area (Å²) in [5, 5.41) is 1.69. The lowest BCUT2D eigenvalue weighted by atomic mass is 9.90. The van der Waals surface area contributed by atoms with Crippen molar-refractivity contribution in [3.8, 4) is 0 Å². The molecule has 1 rings (SSSR count). The minimum atomic E-state index is 0.806. The second-order valence-electron chi connectivity index (χ2n) is 3.56. The summed E-state index contributed by atoms with van der Waals surface area (Å²) in [7, 11) is 0. The molecule has 2 heteroatoms. The maximum Gasteiger partial charge on any atom is 0.150 e. The molecule has 74 valence electrons. The number of hydrogen-bond donors (Lipinski definition) is 0. The number of aldehydes is 1. The fraction of sp³-hybridized carbons (Fsp3) is 0.333. The van der Waals surface area contributed by atoms with E-state index in [-0.39, 0.29) is 0 Å². The number of rotatable bonds is 2. The van der Waals surface area contributed by atoms with Crippen LogP contribution in [0.1, 0.15) is 38.2 Å².